The summed E-state index contributed by atoms with van der Waals surface area (Å²) in [6.45, 7) is 5.11. The van der Waals surface area contributed by atoms with Crippen LogP contribution in [0.1, 0.15) is 19.4 Å². The molecule has 0 radical (unpaired) electrons. The molecular formula is C13H22N2O. The molecule has 2 N–H and O–H groups in total. The molecule has 1 rings (SSSR count). The molecule has 0 spiro atoms. The van der Waals surface area contributed by atoms with Crippen LogP contribution in [0.5, 0.6) is 0 Å². The molecule has 0 aliphatic carbocycles. The molecule has 0 bridgehead atoms. The molecule has 3 nitrogen and oxygen atoms in total. The van der Waals surface area contributed by atoms with E-state index in [-0.39, 0.29) is 0 Å². The van der Waals surface area contributed by atoms with Crippen molar-refractivity contribution in [2.45, 2.75) is 26.0 Å². The van der Waals surface area contributed by atoms with Crippen LogP contribution in [0.15, 0.2) is 24.3 Å². The van der Waals surface area contributed by atoms with Crippen LogP contribution >= 0.6 is 0 Å². The average molecular weight is 222 g/mol. The lowest BCUT2D eigenvalue weighted by atomic mass is 10.1. The van der Waals surface area contributed by atoms with Crippen molar-refractivity contribution in [1.82, 2.24) is 5.32 Å². The molecule has 0 unspecified atom stereocenters. The van der Waals surface area contributed by atoms with Gasteiger partial charge in [0.1, 0.15) is 0 Å². The number of hydrogen-bond donors (Lipinski definition) is 2. The quantitative estimate of drug-likeness (QED) is 0.794. The van der Waals surface area contributed by atoms with Gasteiger partial charge in [0.2, 0.25) is 0 Å². The number of likely N-dealkylation sites (N-methyl/N-ethyl adjacent to an activating group) is 1. The predicted molar refractivity (Wildman–Crippen MR) is 68.8 cm³/mol. The molecule has 0 amide bonds. The second-order valence-electron chi connectivity index (χ2n) is 4.83. The van der Waals surface area contributed by atoms with Crippen molar-refractivity contribution in [2.24, 2.45) is 0 Å². The van der Waals surface area contributed by atoms with Crippen LogP contribution in [0.4, 0.5) is 5.69 Å². The van der Waals surface area contributed by atoms with Crippen LogP contribution < -0.4 is 10.2 Å². The third-order valence-corrected chi connectivity index (χ3v) is 2.39. The summed E-state index contributed by atoms with van der Waals surface area (Å²) >= 11 is 0. The standard InChI is InChI=1S/C13H22N2O/c1-13(2,16)10-15(4)12-8-6-5-7-11(12)9-14-3/h5-8,14,16H,9-10H2,1-4H3. The number of para-hydroxylation sites is 1. The van der Waals surface area contributed by atoms with Gasteiger partial charge in [0, 0.05) is 25.8 Å². The van der Waals surface area contributed by atoms with Gasteiger partial charge in [-0.15, -0.1) is 0 Å². The Kier molecular flexibility index (Phi) is 4.33. The number of nitrogens with zero attached hydrogens (tertiary/aromatic N) is 1. The van der Waals surface area contributed by atoms with Crippen molar-refractivity contribution in [2.75, 3.05) is 25.5 Å². The van der Waals surface area contributed by atoms with E-state index in [1.807, 2.05) is 40.1 Å². The minimum Gasteiger partial charge on any atom is -0.389 e. The van der Waals surface area contributed by atoms with Crippen LogP contribution in [0.25, 0.3) is 0 Å². The third-order valence-electron chi connectivity index (χ3n) is 2.39. The average Bonchev–Trinajstić information content (AvgIpc) is 2.16. The van der Waals surface area contributed by atoms with E-state index in [0.717, 1.165) is 6.54 Å². The first-order valence-electron chi connectivity index (χ1n) is 5.60. The van der Waals surface area contributed by atoms with Crippen LogP contribution in [-0.4, -0.2) is 31.3 Å². The smallest absolute Gasteiger partial charge is 0.0765 e. The third kappa shape index (κ3) is 3.83. The molecule has 0 heterocycles. The summed E-state index contributed by atoms with van der Waals surface area (Å²) in [5, 5.41) is 13.0. The Balaban J connectivity index is 2.85. The maximum absolute atomic E-state index is 9.81. The largest absolute Gasteiger partial charge is 0.389 e. The van der Waals surface area contributed by atoms with Gasteiger partial charge in [0.25, 0.3) is 0 Å². The van der Waals surface area contributed by atoms with E-state index in [2.05, 4.69) is 22.3 Å². The molecular weight excluding hydrogens is 200 g/mol. The van der Waals surface area contributed by atoms with Gasteiger partial charge in [0.05, 0.1) is 5.60 Å². The fourth-order valence-corrected chi connectivity index (χ4v) is 1.89. The highest BCUT2D eigenvalue weighted by Gasteiger charge is 2.17. The predicted octanol–water partition coefficient (Wildman–Crippen LogP) is 1.61. The Morgan fingerprint density at radius 3 is 2.50 bits per heavy atom. The summed E-state index contributed by atoms with van der Waals surface area (Å²) in [5.74, 6) is 0. The van der Waals surface area contributed by atoms with Crippen molar-refractivity contribution in [1.29, 1.82) is 0 Å². The highest BCUT2D eigenvalue weighted by atomic mass is 16.3. The number of anilines is 1. The molecule has 0 fully saturated rings. The van der Waals surface area contributed by atoms with Crippen molar-refractivity contribution in [3.63, 3.8) is 0 Å². The Morgan fingerprint density at radius 1 is 1.31 bits per heavy atom. The highest BCUT2D eigenvalue weighted by molar-refractivity contribution is 5.53. The molecule has 90 valence electrons. The molecule has 0 aliphatic rings. The summed E-state index contributed by atoms with van der Waals surface area (Å²) < 4.78 is 0. The first-order chi connectivity index (χ1) is 7.44. The molecule has 0 aromatic heterocycles. The molecule has 0 atom stereocenters. The van der Waals surface area contributed by atoms with Crippen molar-refractivity contribution in [3.8, 4) is 0 Å². The monoisotopic (exact) mass is 222 g/mol. The fourth-order valence-electron chi connectivity index (χ4n) is 1.89. The Hall–Kier alpha value is -1.06. The molecule has 1 aromatic carbocycles. The minimum absolute atomic E-state index is 0.619. The lowest BCUT2D eigenvalue weighted by Crippen LogP contribution is -2.36. The van der Waals surface area contributed by atoms with Gasteiger partial charge in [-0.1, -0.05) is 18.2 Å². The van der Waals surface area contributed by atoms with Crippen molar-refractivity contribution < 1.29 is 5.11 Å². The van der Waals surface area contributed by atoms with Crippen molar-refractivity contribution in [3.05, 3.63) is 29.8 Å². The molecule has 1 aromatic rings. The van der Waals surface area contributed by atoms with Crippen molar-refractivity contribution >= 4 is 5.69 Å². The number of hydrogen-bond acceptors (Lipinski definition) is 3. The fraction of sp³-hybridized carbons (Fsp3) is 0.538. The van der Waals surface area contributed by atoms with Gasteiger partial charge in [-0.25, -0.2) is 0 Å². The zero-order chi connectivity index (χ0) is 12.2. The van der Waals surface area contributed by atoms with E-state index >= 15 is 0 Å². The Bertz CT molecular complexity index is 331. The zero-order valence-electron chi connectivity index (χ0n) is 10.6. The number of rotatable bonds is 5. The maximum atomic E-state index is 9.81. The molecule has 3 heteroatoms. The highest BCUT2D eigenvalue weighted by Crippen LogP contribution is 2.20. The summed E-state index contributed by atoms with van der Waals surface area (Å²) in [5.41, 5.74) is 1.73. The molecule has 0 saturated heterocycles. The lowest BCUT2D eigenvalue weighted by molar-refractivity contribution is 0.0886. The summed E-state index contributed by atoms with van der Waals surface area (Å²) in [7, 11) is 3.94. The van der Waals surface area contributed by atoms with E-state index in [0.29, 0.717) is 6.54 Å². The van der Waals surface area contributed by atoms with Gasteiger partial charge < -0.3 is 15.3 Å². The number of benzene rings is 1. The van der Waals surface area contributed by atoms with Gasteiger partial charge in [-0.05, 0) is 32.5 Å². The van der Waals surface area contributed by atoms with E-state index < -0.39 is 5.60 Å². The normalized spacial score (nSPS) is 11.6. The van der Waals surface area contributed by atoms with Crippen LogP contribution in [0.2, 0.25) is 0 Å². The Labute approximate surface area is 98.1 Å². The molecule has 0 saturated carbocycles. The lowest BCUT2D eigenvalue weighted by Gasteiger charge is -2.28. The zero-order valence-corrected chi connectivity index (χ0v) is 10.6. The van der Waals surface area contributed by atoms with E-state index in [4.69, 9.17) is 0 Å². The summed E-state index contributed by atoms with van der Waals surface area (Å²) in [4.78, 5) is 2.09. The van der Waals surface area contributed by atoms with Crippen LogP contribution in [0, 0.1) is 0 Å². The SMILES string of the molecule is CNCc1ccccc1N(C)CC(C)(C)O. The van der Waals surface area contributed by atoms with E-state index in [1.165, 1.54) is 11.3 Å². The second kappa shape index (κ2) is 5.32. The minimum atomic E-state index is -0.679. The van der Waals surface area contributed by atoms with Gasteiger partial charge in [0.15, 0.2) is 0 Å². The maximum Gasteiger partial charge on any atom is 0.0765 e. The van der Waals surface area contributed by atoms with E-state index in [1.54, 1.807) is 0 Å². The van der Waals surface area contributed by atoms with Gasteiger partial charge in [-0.2, -0.15) is 0 Å². The first-order valence-corrected chi connectivity index (χ1v) is 5.60. The summed E-state index contributed by atoms with van der Waals surface area (Å²) in [6, 6.07) is 8.24. The number of aliphatic hydroxyl groups is 1. The topological polar surface area (TPSA) is 35.5 Å². The summed E-state index contributed by atoms with van der Waals surface area (Å²) in [6.07, 6.45) is 0. The number of nitrogens with one attached hydrogen (secondary N) is 1. The van der Waals surface area contributed by atoms with Crippen LogP contribution in [0.3, 0.4) is 0 Å². The van der Waals surface area contributed by atoms with Gasteiger partial charge in [-0.3, -0.25) is 0 Å². The van der Waals surface area contributed by atoms with E-state index in [9.17, 15) is 5.11 Å². The molecule has 16 heavy (non-hydrogen) atoms. The molecule has 0 aliphatic heterocycles. The Morgan fingerprint density at radius 2 is 1.94 bits per heavy atom. The van der Waals surface area contributed by atoms with Gasteiger partial charge >= 0.3 is 0 Å². The first kappa shape index (κ1) is 13.0. The second-order valence-corrected chi connectivity index (χ2v) is 4.83. The van der Waals surface area contributed by atoms with Crippen LogP contribution in [-0.2, 0) is 6.54 Å².